The van der Waals surface area contributed by atoms with Gasteiger partial charge in [0.2, 0.25) is 5.91 Å². The number of carbonyl (C=O) groups is 1. The Kier molecular flexibility index (Phi) is 6.21. The standard InChI is InChI=1S/C15H19ClF3N3O3S/c1-21(2)26(24,25)22-7-3-4-10(9-22)14(23)20-11-5-6-13(16)12(8-11)15(17,18)19/h5-6,8,10H,3-4,7,9H2,1-2H3,(H,20,23)/t10-/m0/s1. The van der Waals surface area contributed by atoms with Gasteiger partial charge in [-0.05, 0) is 31.0 Å². The first-order valence-electron chi connectivity index (χ1n) is 7.78. The lowest BCUT2D eigenvalue weighted by molar-refractivity contribution is -0.137. The fourth-order valence-corrected chi connectivity index (χ4v) is 4.08. The van der Waals surface area contributed by atoms with Crippen LogP contribution >= 0.6 is 11.6 Å². The third-order valence-electron chi connectivity index (χ3n) is 4.08. The monoisotopic (exact) mass is 413 g/mol. The van der Waals surface area contributed by atoms with Crippen LogP contribution in [0, 0.1) is 5.92 Å². The number of carbonyl (C=O) groups excluding carboxylic acids is 1. The zero-order chi connectivity index (χ0) is 19.7. The molecular formula is C15H19ClF3N3O3S. The molecule has 2 rings (SSSR count). The number of rotatable bonds is 4. The molecule has 1 aromatic carbocycles. The van der Waals surface area contributed by atoms with Gasteiger partial charge in [-0.15, -0.1) is 0 Å². The van der Waals surface area contributed by atoms with Gasteiger partial charge in [0.15, 0.2) is 0 Å². The Morgan fingerprint density at radius 2 is 2.00 bits per heavy atom. The van der Waals surface area contributed by atoms with Crippen LogP contribution in [0.2, 0.25) is 5.02 Å². The number of nitrogens with zero attached hydrogens (tertiary/aromatic N) is 2. The molecule has 0 aromatic heterocycles. The van der Waals surface area contributed by atoms with Gasteiger partial charge in [-0.3, -0.25) is 4.79 Å². The highest BCUT2D eigenvalue weighted by molar-refractivity contribution is 7.86. The van der Waals surface area contributed by atoms with Gasteiger partial charge in [-0.25, -0.2) is 0 Å². The zero-order valence-corrected chi connectivity index (χ0v) is 15.7. The van der Waals surface area contributed by atoms with Crippen LogP contribution < -0.4 is 5.32 Å². The fraction of sp³-hybridized carbons (Fsp3) is 0.533. The van der Waals surface area contributed by atoms with E-state index in [1.165, 1.54) is 24.5 Å². The average molecular weight is 414 g/mol. The first-order chi connectivity index (χ1) is 11.9. The van der Waals surface area contributed by atoms with Crippen molar-refractivity contribution in [3.05, 3.63) is 28.8 Å². The maximum Gasteiger partial charge on any atom is 0.417 e. The third kappa shape index (κ3) is 4.67. The minimum atomic E-state index is -4.64. The molecule has 1 N–H and O–H groups in total. The number of hydrogen-bond donors (Lipinski definition) is 1. The van der Waals surface area contributed by atoms with Crippen molar-refractivity contribution in [2.24, 2.45) is 5.92 Å². The molecular weight excluding hydrogens is 395 g/mol. The summed E-state index contributed by atoms with van der Waals surface area (Å²) < 4.78 is 65.3. The second kappa shape index (κ2) is 7.71. The summed E-state index contributed by atoms with van der Waals surface area (Å²) >= 11 is 5.55. The number of anilines is 1. The molecule has 0 saturated carbocycles. The Morgan fingerprint density at radius 1 is 1.35 bits per heavy atom. The van der Waals surface area contributed by atoms with Gasteiger partial charge in [-0.1, -0.05) is 11.6 Å². The number of alkyl halides is 3. The smallest absolute Gasteiger partial charge is 0.326 e. The molecule has 1 atom stereocenters. The molecule has 0 spiro atoms. The number of amides is 1. The second-order valence-corrected chi connectivity index (χ2v) is 8.72. The average Bonchev–Trinajstić information content (AvgIpc) is 2.55. The van der Waals surface area contributed by atoms with Crippen molar-refractivity contribution >= 4 is 33.4 Å². The molecule has 6 nitrogen and oxygen atoms in total. The summed E-state index contributed by atoms with van der Waals surface area (Å²) in [4.78, 5) is 12.4. The van der Waals surface area contributed by atoms with Crippen molar-refractivity contribution in [3.63, 3.8) is 0 Å². The van der Waals surface area contributed by atoms with Crippen LogP contribution in [0.25, 0.3) is 0 Å². The summed E-state index contributed by atoms with van der Waals surface area (Å²) in [6.07, 6.45) is -3.70. The predicted octanol–water partition coefficient (Wildman–Crippen LogP) is 2.82. The van der Waals surface area contributed by atoms with Gasteiger partial charge in [0.1, 0.15) is 0 Å². The van der Waals surface area contributed by atoms with Crippen LogP contribution in [0.4, 0.5) is 18.9 Å². The maximum absolute atomic E-state index is 12.9. The topological polar surface area (TPSA) is 69.7 Å². The summed E-state index contributed by atoms with van der Waals surface area (Å²) in [5.74, 6) is -1.18. The summed E-state index contributed by atoms with van der Waals surface area (Å²) in [7, 11) is -0.862. The van der Waals surface area contributed by atoms with Crippen molar-refractivity contribution in [2.75, 3.05) is 32.5 Å². The lowest BCUT2D eigenvalue weighted by Gasteiger charge is -2.32. The van der Waals surface area contributed by atoms with Crippen LogP contribution in [-0.2, 0) is 21.2 Å². The van der Waals surface area contributed by atoms with E-state index >= 15 is 0 Å². The molecule has 1 aliphatic heterocycles. The van der Waals surface area contributed by atoms with Gasteiger partial charge >= 0.3 is 6.18 Å². The second-order valence-electron chi connectivity index (χ2n) is 6.17. The normalized spacial score (nSPS) is 19.6. The number of hydrogen-bond acceptors (Lipinski definition) is 3. The molecule has 0 unspecified atom stereocenters. The number of piperidine rings is 1. The van der Waals surface area contributed by atoms with Crippen LogP contribution in [-0.4, -0.2) is 50.1 Å². The first kappa shape index (κ1) is 20.9. The summed E-state index contributed by atoms with van der Waals surface area (Å²) in [5, 5.41) is 1.96. The highest BCUT2D eigenvalue weighted by Crippen LogP contribution is 2.36. The number of nitrogens with one attached hydrogen (secondary N) is 1. The van der Waals surface area contributed by atoms with Crippen molar-refractivity contribution < 1.29 is 26.4 Å². The van der Waals surface area contributed by atoms with Gasteiger partial charge in [0.05, 0.1) is 16.5 Å². The molecule has 1 aliphatic rings. The largest absolute Gasteiger partial charge is 0.417 e. The molecule has 1 fully saturated rings. The highest BCUT2D eigenvalue weighted by Gasteiger charge is 2.35. The van der Waals surface area contributed by atoms with E-state index in [-0.39, 0.29) is 12.2 Å². The summed E-state index contributed by atoms with van der Waals surface area (Å²) in [6.45, 7) is 0.273. The Balaban J connectivity index is 2.13. The first-order valence-corrected chi connectivity index (χ1v) is 9.55. The van der Waals surface area contributed by atoms with Crippen molar-refractivity contribution in [2.45, 2.75) is 19.0 Å². The van der Waals surface area contributed by atoms with E-state index in [4.69, 9.17) is 11.6 Å². The molecule has 1 aromatic rings. The lowest BCUT2D eigenvalue weighted by atomic mass is 9.98. The van der Waals surface area contributed by atoms with Crippen LogP contribution in [0.5, 0.6) is 0 Å². The van der Waals surface area contributed by atoms with Gasteiger partial charge in [-0.2, -0.15) is 30.2 Å². The van der Waals surface area contributed by atoms with E-state index in [9.17, 15) is 26.4 Å². The molecule has 146 valence electrons. The van der Waals surface area contributed by atoms with Crippen molar-refractivity contribution in [1.82, 2.24) is 8.61 Å². The molecule has 1 heterocycles. The van der Waals surface area contributed by atoms with E-state index in [0.29, 0.717) is 19.4 Å². The van der Waals surface area contributed by atoms with E-state index in [2.05, 4.69) is 5.32 Å². The van der Waals surface area contributed by atoms with Gasteiger partial charge in [0.25, 0.3) is 10.2 Å². The van der Waals surface area contributed by atoms with Crippen molar-refractivity contribution in [1.29, 1.82) is 0 Å². The zero-order valence-electron chi connectivity index (χ0n) is 14.2. The third-order valence-corrected chi connectivity index (χ3v) is 6.32. The van der Waals surface area contributed by atoms with Gasteiger partial charge < -0.3 is 5.32 Å². The van der Waals surface area contributed by atoms with Crippen LogP contribution in [0.3, 0.4) is 0 Å². The quantitative estimate of drug-likeness (QED) is 0.825. The molecule has 26 heavy (non-hydrogen) atoms. The van der Waals surface area contributed by atoms with Crippen LogP contribution in [0.15, 0.2) is 18.2 Å². The molecule has 0 bridgehead atoms. The number of halogens is 4. The molecule has 0 aliphatic carbocycles. The maximum atomic E-state index is 12.9. The number of benzene rings is 1. The van der Waals surface area contributed by atoms with Crippen molar-refractivity contribution in [3.8, 4) is 0 Å². The Labute approximate surface area is 155 Å². The molecule has 0 radical (unpaired) electrons. The summed E-state index contributed by atoms with van der Waals surface area (Å²) in [6, 6.07) is 3.09. The Hall–Kier alpha value is -1.36. The Morgan fingerprint density at radius 3 is 2.58 bits per heavy atom. The molecule has 11 heteroatoms. The van der Waals surface area contributed by atoms with E-state index in [1.807, 2.05) is 0 Å². The minimum Gasteiger partial charge on any atom is -0.326 e. The minimum absolute atomic E-state index is 0.0218. The Bertz CT molecular complexity index is 784. The highest BCUT2D eigenvalue weighted by atomic mass is 35.5. The van der Waals surface area contributed by atoms with E-state index in [1.54, 1.807) is 0 Å². The predicted molar refractivity (Wildman–Crippen MR) is 92.0 cm³/mol. The van der Waals surface area contributed by atoms with Gasteiger partial charge in [0, 0.05) is 32.9 Å². The fourth-order valence-electron chi connectivity index (χ4n) is 2.66. The SMILES string of the molecule is CN(C)S(=O)(=O)N1CCC[C@H](C(=O)Nc2ccc(Cl)c(C(F)(F)F)c2)C1. The lowest BCUT2D eigenvalue weighted by Crippen LogP contribution is -2.47. The van der Waals surface area contributed by atoms with E-state index < -0.39 is 38.8 Å². The molecule has 1 amide bonds. The molecule has 1 saturated heterocycles. The van der Waals surface area contributed by atoms with Crippen LogP contribution in [0.1, 0.15) is 18.4 Å². The van der Waals surface area contributed by atoms with E-state index in [0.717, 1.165) is 16.4 Å². The summed E-state index contributed by atoms with van der Waals surface area (Å²) in [5.41, 5.74) is -1.09.